The number of esters is 1. The number of hydrogen-bond acceptors (Lipinski definition) is 2. The Balaban J connectivity index is 4.42. The Labute approximate surface area is 119 Å². The van der Waals surface area contributed by atoms with Gasteiger partial charge in [0, 0.05) is 6.08 Å². The van der Waals surface area contributed by atoms with Crippen LogP contribution in [0.15, 0.2) is 12.7 Å². The quantitative estimate of drug-likeness (QED) is 0.268. The van der Waals surface area contributed by atoms with Crippen molar-refractivity contribution >= 4 is 5.97 Å². The molecule has 2 nitrogen and oxygen atoms in total. The minimum absolute atomic E-state index is 0.249. The number of carbonyl (C=O) groups excluding carboxylic acids is 1. The zero-order chi connectivity index (χ0) is 14.6. The monoisotopic (exact) mass is 268 g/mol. The van der Waals surface area contributed by atoms with Gasteiger partial charge in [0.05, 0.1) is 0 Å². The molecular weight excluding hydrogens is 236 g/mol. The van der Waals surface area contributed by atoms with Gasteiger partial charge in [0.1, 0.15) is 5.60 Å². The normalized spacial score (nSPS) is 11.3. The second-order valence-corrected chi connectivity index (χ2v) is 5.47. The molecule has 0 amide bonds. The van der Waals surface area contributed by atoms with Crippen molar-refractivity contribution in [2.45, 2.75) is 90.6 Å². The van der Waals surface area contributed by atoms with Crippen molar-refractivity contribution in [3.05, 3.63) is 12.7 Å². The molecule has 19 heavy (non-hydrogen) atoms. The van der Waals surface area contributed by atoms with E-state index in [9.17, 15) is 4.79 Å². The molecule has 0 spiro atoms. The van der Waals surface area contributed by atoms with Crippen LogP contribution in [-0.2, 0) is 9.53 Å². The zero-order valence-corrected chi connectivity index (χ0v) is 13.2. The molecule has 0 aliphatic heterocycles. The summed E-state index contributed by atoms with van der Waals surface area (Å²) in [4.78, 5) is 11.6. The summed E-state index contributed by atoms with van der Waals surface area (Å²) >= 11 is 0. The molecule has 0 bridgehead atoms. The first-order valence-electron chi connectivity index (χ1n) is 7.99. The molecule has 0 heterocycles. The van der Waals surface area contributed by atoms with E-state index in [-0.39, 0.29) is 11.6 Å². The number of rotatable bonds is 12. The van der Waals surface area contributed by atoms with E-state index in [1.807, 2.05) is 0 Å². The Hall–Kier alpha value is -0.790. The summed E-state index contributed by atoms with van der Waals surface area (Å²) in [6.07, 6.45) is 12.6. The average molecular weight is 268 g/mol. The minimum atomic E-state index is -0.268. The molecule has 0 aromatic heterocycles. The maximum atomic E-state index is 11.6. The Bertz CT molecular complexity index is 240. The maximum Gasteiger partial charge on any atom is 0.330 e. The molecule has 0 saturated carbocycles. The summed E-state index contributed by atoms with van der Waals surface area (Å²) < 4.78 is 5.72. The van der Waals surface area contributed by atoms with E-state index in [0.717, 1.165) is 38.5 Å². The molecule has 2 heteroatoms. The number of ether oxygens (including phenoxy) is 1. The van der Waals surface area contributed by atoms with E-state index in [4.69, 9.17) is 4.74 Å². The third-order valence-corrected chi connectivity index (χ3v) is 3.63. The number of unbranched alkanes of at least 4 members (excludes halogenated alkanes) is 4. The van der Waals surface area contributed by atoms with Gasteiger partial charge < -0.3 is 4.74 Å². The van der Waals surface area contributed by atoms with Gasteiger partial charge in [-0.1, -0.05) is 65.9 Å². The molecule has 0 aliphatic rings. The van der Waals surface area contributed by atoms with Gasteiger partial charge in [0.2, 0.25) is 0 Å². The molecule has 0 rings (SSSR count). The maximum absolute atomic E-state index is 11.6. The molecule has 0 aromatic carbocycles. The molecule has 0 unspecified atom stereocenters. The molecule has 0 N–H and O–H groups in total. The van der Waals surface area contributed by atoms with Crippen LogP contribution in [0.2, 0.25) is 0 Å². The van der Waals surface area contributed by atoms with Crippen LogP contribution >= 0.6 is 0 Å². The van der Waals surface area contributed by atoms with Crippen LogP contribution in [0.25, 0.3) is 0 Å². The predicted octanol–water partition coefficient (Wildman–Crippen LogP) is 5.42. The Morgan fingerprint density at radius 2 is 1.53 bits per heavy atom. The van der Waals surface area contributed by atoms with Crippen LogP contribution < -0.4 is 0 Å². The van der Waals surface area contributed by atoms with E-state index in [1.54, 1.807) is 0 Å². The summed E-state index contributed by atoms with van der Waals surface area (Å²) in [5.74, 6) is -0.268. The highest BCUT2D eigenvalue weighted by atomic mass is 16.6. The van der Waals surface area contributed by atoms with Crippen molar-refractivity contribution < 1.29 is 9.53 Å². The highest BCUT2D eigenvalue weighted by Gasteiger charge is 2.31. The van der Waals surface area contributed by atoms with Crippen molar-refractivity contribution in [2.75, 3.05) is 0 Å². The fourth-order valence-corrected chi connectivity index (χ4v) is 2.75. The lowest BCUT2D eigenvalue weighted by Crippen LogP contribution is -2.34. The van der Waals surface area contributed by atoms with Gasteiger partial charge >= 0.3 is 5.97 Å². The SMILES string of the molecule is C=CC(=O)OC(CCC)(CCC)CCCCCCC. The Kier molecular flexibility index (Phi) is 10.6. The second kappa shape index (κ2) is 11.1. The first-order chi connectivity index (χ1) is 9.14. The minimum Gasteiger partial charge on any atom is -0.456 e. The first kappa shape index (κ1) is 18.2. The van der Waals surface area contributed by atoms with Gasteiger partial charge in [-0.05, 0) is 25.7 Å². The predicted molar refractivity (Wildman–Crippen MR) is 82.2 cm³/mol. The van der Waals surface area contributed by atoms with Crippen LogP contribution in [0.1, 0.15) is 85.0 Å². The van der Waals surface area contributed by atoms with E-state index < -0.39 is 0 Å². The summed E-state index contributed by atoms with van der Waals surface area (Å²) in [5.41, 5.74) is -0.249. The third-order valence-electron chi connectivity index (χ3n) is 3.63. The van der Waals surface area contributed by atoms with E-state index in [2.05, 4.69) is 27.4 Å². The lowest BCUT2D eigenvalue weighted by atomic mass is 9.86. The largest absolute Gasteiger partial charge is 0.456 e. The first-order valence-corrected chi connectivity index (χ1v) is 7.99. The molecular formula is C17H32O2. The highest BCUT2D eigenvalue weighted by molar-refractivity contribution is 5.81. The number of carbonyl (C=O) groups is 1. The van der Waals surface area contributed by atoms with Crippen molar-refractivity contribution in [2.24, 2.45) is 0 Å². The summed E-state index contributed by atoms with van der Waals surface area (Å²) in [6.45, 7) is 10.0. The Morgan fingerprint density at radius 1 is 0.947 bits per heavy atom. The van der Waals surface area contributed by atoms with Gasteiger partial charge in [-0.3, -0.25) is 0 Å². The number of hydrogen-bond donors (Lipinski definition) is 0. The van der Waals surface area contributed by atoms with Crippen LogP contribution in [0.4, 0.5) is 0 Å². The third kappa shape index (κ3) is 8.07. The summed E-state index contributed by atoms with van der Waals surface area (Å²) in [7, 11) is 0. The fraction of sp³-hybridized carbons (Fsp3) is 0.824. The molecule has 0 fully saturated rings. The molecule has 0 aromatic rings. The molecule has 0 atom stereocenters. The zero-order valence-electron chi connectivity index (χ0n) is 13.2. The van der Waals surface area contributed by atoms with Crippen molar-refractivity contribution in [3.8, 4) is 0 Å². The van der Waals surface area contributed by atoms with Crippen LogP contribution in [-0.4, -0.2) is 11.6 Å². The van der Waals surface area contributed by atoms with Gasteiger partial charge in [-0.15, -0.1) is 0 Å². The lowest BCUT2D eigenvalue weighted by molar-refractivity contribution is -0.156. The second-order valence-electron chi connectivity index (χ2n) is 5.47. The molecule has 0 aliphatic carbocycles. The van der Waals surface area contributed by atoms with Crippen molar-refractivity contribution in [3.63, 3.8) is 0 Å². The van der Waals surface area contributed by atoms with Gasteiger partial charge in [0.25, 0.3) is 0 Å². The standard InChI is InChI=1S/C17H32O2/c1-5-9-10-11-12-15-17(13-6-2,14-7-3)19-16(18)8-4/h8H,4-7,9-15H2,1-3H3. The average Bonchev–Trinajstić information content (AvgIpc) is 2.39. The van der Waals surface area contributed by atoms with E-state index >= 15 is 0 Å². The van der Waals surface area contributed by atoms with Gasteiger partial charge in [-0.2, -0.15) is 0 Å². The van der Waals surface area contributed by atoms with E-state index in [0.29, 0.717) is 0 Å². The van der Waals surface area contributed by atoms with Crippen LogP contribution in [0.3, 0.4) is 0 Å². The Morgan fingerprint density at radius 3 is 2.00 bits per heavy atom. The van der Waals surface area contributed by atoms with Crippen molar-refractivity contribution in [1.29, 1.82) is 0 Å². The highest BCUT2D eigenvalue weighted by Crippen LogP contribution is 2.31. The molecule has 0 radical (unpaired) electrons. The van der Waals surface area contributed by atoms with Crippen LogP contribution in [0.5, 0.6) is 0 Å². The van der Waals surface area contributed by atoms with E-state index in [1.165, 1.54) is 31.8 Å². The summed E-state index contributed by atoms with van der Waals surface area (Å²) in [5, 5.41) is 0. The topological polar surface area (TPSA) is 26.3 Å². The smallest absolute Gasteiger partial charge is 0.330 e. The van der Waals surface area contributed by atoms with Gasteiger partial charge in [0.15, 0.2) is 0 Å². The fourth-order valence-electron chi connectivity index (χ4n) is 2.75. The van der Waals surface area contributed by atoms with Crippen molar-refractivity contribution in [1.82, 2.24) is 0 Å². The van der Waals surface area contributed by atoms with Gasteiger partial charge in [-0.25, -0.2) is 4.79 Å². The molecule has 112 valence electrons. The van der Waals surface area contributed by atoms with Crippen LogP contribution in [0, 0.1) is 0 Å². The molecule has 0 saturated heterocycles. The lowest BCUT2D eigenvalue weighted by Gasteiger charge is -2.33. The summed E-state index contributed by atoms with van der Waals surface area (Å²) in [6, 6.07) is 0.